The third-order valence-corrected chi connectivity index (χ3v) is 6.20. The molecular formula is C24H33N3O3S. The molecule has 7 heteroatoms. The number of aryl methyl sites for hydroxylation is 2. The summed E-state index contributed by atoms with van der Waals surface area (Å²) in [4.78, 5) is 23.6. The fourth-order valence-electron chi connectivity index (χ4n) is 3.57. The molecule has 2 aromatic heterocycles. The monoisotopic (exact) mass is 443 g/mol. The number of thiophene rings is 1. The molecule has 31 heavy (non-hydrogen) atoms. The number of hydrogen-bond donors (Lipinski definition) is 2. The van der Waals surface area contributed by atoms with Gasteiger partial charge >= 0.3 is 0 Å². The largest absolute Gasteiger partial charge is 0.389 e. The summed E-state index contributed by atoms with van der Waals surface area (Å²) in [5.74, 6) is 0.609. The second-order valence-corrected chi connectivity index (χ2v) is 9.58. The molecule has 0 unspecified atom stereocenters. The average molecular weight is 444 g/mol. The first-order chi connectivity index (χ1) is 14.7. The average Bonchev–Trinajstić information content (AvgIpc) is 3.12. The van der Waals surface area contributed by atoms with Crippen LogP contribution in [0.15, 0.2) is 28.4 Å². The molecule has 0 amide bonds. The van der Waals surface area contributed by atoms with E-state index in [-0.39, 0.29) is 24.3 Å². The Labute approximate surface area is 187 Å². The predicted molar refractivity (Wildman–Crippen MR) is 128 cm³/mol. The van der Waals surface area contributed by atoms with Crippen molar-refractivity contribution in [3.8, 4) is 11.1 Å². The molecule has 0 saturated heterocycles. The van der Waals surface area contributed by atoms with Crippen LogP contribution >= 0.6 is 11.3 Å². The maximum absolute atomic E-state index is 13.0. The summed E-state index contributed by atoms with van der Waals surface area (Å²) >= 11 is 1.49. The second-order valence-electron chi connectivity index (χ2n) is 8.72. The van der Waals surface area contributed by atoms with Crippen LogP contribution in [0.2, 0.25) is 0 Å². The minimum absolute atomic E-state index is 0.0765. The van der Waals surface area contributed by atoms with Crippen molar-refractivity contribution in [3.63, 3.8) is 0 Å². The molecule has 2 heterocycles. The van der Waals surface area contributed by atoms with Gasteiger partial charge in [-0.25, -0.2) is 4.98 Å². The van der Waals surface area contributed by atoms with Crippen LogP contribution in [0.3, 0.4) is 0 Å². The Morgan fingerprint density at radius 2 is 1.94 bits per heavy atom. The fraction of sp³-hybridized carbons (Fsp3) is 0.500. The van der Waals surface area contributed by atoms with E-state index in [1.165, 1.54) is 11.3 Å². The number of fused-ring (bicyclic) bond motifs is 1. The van der Waals surface area contributed by atoms with E-state index in [1.807, 2.05) is 19.2 Å². The number of rotatable bonds is 9. The van der Waals surface area contributed by atoms with Gasteiger partial charge < -0.3 is 14.8 Å². The maximum Gasteiger partial charge on any atom is 0.260 e. The van der Waals surface area contributed by atoms with Crippen LogP contribution in [-0.4, -0.2) is 51.4 Å². The Kier molecular flexibility index (Phi) is 7.64. The Hall–Kier alpha value is -2.06. The lowest BCUT2D eigenvalue weighted by atomic mass is 9.99. The van der Waals surface area contributed by atoms with Gasteiger partial charge in [-0.3, -0.25) is 9.69 Å². The van der Waals surface area contributed by atoms with Gasteiger partial charge in [0.25, 0.3) is 5.56 Å². The van der Waals surface area contributed by atoms with Gasteiger partial charge in [0, 0.05) is 23.5 Å². The topological polar surface area (TPSA) is 78.5 Å². The van der Waals surface area contributed by atoms with Crippen LogP contribution in [0.25, 0.3) is 21.3 Å². The van der Waals surface area contributed by atoms with Crippen molar-refractivity contribution in [1.29, 1.82) is 0 Å². The van der Waals surface area contributed by atoms with E-state index >= 15 is 0 Å². The van der Waals surface area contributed by atoms with Crippen molar-refractivity contribution in [1.82, 2.24) is 14.9 Å². The Morgan fingerprint density at radius 3 is 2.61 bits per heavy atom. The van der Waals surface area contributed by atoms with Gasteiger partial charge in [-0.15, -0.1) is 11.3 Å². The number of benzene rings is 1. The van der Waals surface area contributed by atoms with Gasteiger partial charge in [0.1, 0.15) is 10.7 Å². The normalized spacial score (nSPS) is 13.1. The number of aliphatic hydroxyl groups excluding tert-OH is 1. The van der Waals surface area contributed by atoms with E-state index in [9.17, 15) is 9.90 Å². The Bertz CT molecular complexity index is 1090. The van der Waals surface area contributed by atoms with Crippen LogP contribution in [-0.2, 0) is 11.3 Å². The molecule has 0 bridgehead atoms. The molecule has 0 fully saturated rings. The number of nitrogens with one attached hydrogen (secondary N) is 1. The molecule has 0 radical (unpaired) electrons. The first-order valence-electron chi connectivity index (χ1n) is 10.8. The highest BCUT2D eigenvalue weighted by molar-refractivity contribution is 7.17. The molecule has 3 rings (SSSR count). The van der Waals surface area contributed by atoms with Gasteiger partial charge in [-0.1, -0.05) is 23.8 Å². The fourth-order valence-corrected chi connectivity index (χ4v) is 4.53. The van der Waals surface area contributed by atoms with Crippen molar-refractivity contribution in [3.05, 3.63) is 50.9 Å². The van der Waals surface area contributed by atoms with Crippen LogP contribution in [0.4, 0.5) is 0 Å². The van der Waals surface area contributed by atoms with Crippen molar-refractivity contribution in [2.24, 2.45) is 0 Å². The zero-order valence-corrected chi connectivity index (χ0v) is 20.0. The first kappa shape index (κ1) is 23.6. The number of aliphatic hydroxyl groups is 1. The van der Waals surface area contributed by atoms with Gasteiger partial charge in [0.2, 0.25) is 0 Å². The zero-order valence-electron chi connectivity index (χ0n) is 19.2. The van der Waals surface area contributed by atoms with Crippen LogP contribution in [0.1, 0.15) is 44.6 Å². The highest BCUT2D eigenvalue weighted by Gasteiger charge is 2.19. The van der Waals surface area contributed by atoms with E-state index in [1.54, 1.807) is 0 Å². The quantitative estimate of drug-likeness (QED) is 0.516. The van der Waals surface area contributed by atoms with Crippen LogP contribution < -0.4 is 5.56 Å². The summed E-state index contributed by atoms with van der Waals surface area (Å²) in [7, 11) is 0. The minimum atomic E-state index is -0.599. The van der Waals surface area contributed by atoms with Crippen molar-refractivity contribution in [2.75, 3.05) is 13.2 Å². The molecule has 0 aliphatic carbocycles. The van der Waals surface area contributed by atoms with Crippen molar-refractivity contribution < 1.29 is 9.84 Å². The molecule has 0 spiro atoms. The standard InChI is InChI=1S/C24H33N3O3S/c1-14(2)27(10-18(28)12-30-15(3)4)11-21-25-23(29)22-20(13-31-24(22)26-21)19-9-16(5)7-8-17(19)6/h7-9,13-15,18,28H,10-12H2,1-6H3,(H,25,26,29)/t18-/m1/s1. The van der Waals surface area contributed by atoms with Gasteiger partial charge in [0.15, 0.2) is 0 Å². The second kappa shape index (κ2) is 10.0. The predicted octanol–water partition coefficient (Wildman–Crippen LogP) is 4.26. The third-order valence-electron chi connectivity index (χ3n) is 5.33. The van der Waals surface area contributed by atoms with Crippen LogP contribution in [0, 0.1) is 13.8 Å². The molecule has 6 nitrogen and oxygen atoms in total. The Morgan fingerprint density at radius 1 is 1.19 bits per heavy atom. The van der Waals surface area contributed by atoms with E-state index in [0.717, 1.165) is 27.1 Å². The first-order valence-corrected chi connectivity index (χ1v) is 11.7. The maximum atomic E-state index is 13.0. The summed E-state index contributed by atoms with van der Waals surface area (Å²) in [6.45, 7) is 13.3. The summed E-state index contributed by atoms with van der Waals surface area (Å²) in [6.07, 6.45) is -0.523. The van der Waals surface area contributed by atoms with Crippen LogP contribution in [0.5, 0.6) is 0 Å². The summed E-state index contributed by atoms with van der Waals surface area (Å²) in [6, 6.07) is 6.46. The van der Waals surface area contributed by atoms with Crippen molar-refractivity contribution in [2.45, 2.75) is 66.3 Å². The molecule has 1 aromatic carbocycles. The number of aromatic amines is 1. The zero-order chi connectivity index (χ0) is 22.7. The lowest BCUT2D eigenvalue weighted by molar-refractivity contribution is -0.0140. The molecule has 1 atom stereocenters. The van der Waals surface area contributed by atoms with E-state index in [0.29, 0.717) is 24.3 Å². The van der Waals surface area contributed by atoms with Crippen molar-refractivity contribution >= 4 is 21.6 Å². The van der Waals surface area contributed by atoms with E-state index < -0.39 is 6.10 Å². The molecule has 0 saturated carbocycles. The summed E-state index contributed by atoms with van der Waals surface area (Å²) < 4.78 is 5.53. The SMILES string of the molecule is Cc1ccc(C)c(-c2csc3nc(CN(C[C@@H](O)COC(C)C)C(C)C)[nH]c(=O)c23)c1. The molecule has 2 N–H and O–H groups in total. The minimum Gasteiger partial charge on any atom is -0.389 e. The lowest BCUT2D eigenvalue weighted by Gasteiger charge is -2.28. The molecule has 0 aliphatic heterocycles. The Balaban J connectivity index is 1.87. The molecule has 168 valence electrons. The number of H-pyrrole nitrogens is 1. The van der Waals surface area contributed by atoms with Gasteiger partial charge in [0.05, 0.1) is 30.7 Å². The molecule has 3 aromatic rings. The highest BCUT2D eigenvalue weighted by Crippen LogP contribution is 2.33. The number of ether oxygens (including phenoxy) is 1. The van der Waals surface area contributed by atoms with E-state index in [4.69, 9.17) is 9.72 Å². The summed E-state index contributed by atoms with van der Waals surface area (Å²) in [5.41, 5.74) is 4.18. The smallest absolute Gasteiger partial charge is 0.260 e. The summed E-state index contributed by atoms with van der Waals surface area (Å²) in [5, 5.41) is 13.0. The number of nitrogens with zero attached hydrogens (tertiary/aromatic N) is 2. The van der Waals surface area contributed by atoms with E-state index in [2.05, 4.69) is 55.8 Å². The molecular weight excluding hydrogens is 410 g/mol. The lowest BCUT2D eigenvalue weighted by Crippen LogP contribution is -2.39. The van der Waals surface area contributed by atoms with Gasteiger partial charge in [-0.2, -0.15) is 0 Å². The molecule has 0 aliphatic rings. The number of hydrogen-bond acceptors (Lipinski definition) is 6. The number of aromatic nitrogens is 2. The van der Waals surface area contributed by atoms with Gasteiger partial charge in [-0.05, 0) is 52.7 Å². The third kappa shape index (κ3) is 5.80. The highest BCUT2D eigenvalue weighted by atomic mass is 32.1.